The fourth-order valence-corrected chi connectivity index (χ4v) is 3.66. The van der Waals surface area contributed by atoms with E-state index in [4.69, 9.17) is 11.6 Å². The minimum atomic E-state index is -0.775. The number of rotatable bonds is 4. The van der Waals surface area contributed by atoms with Crippen LogP contribution in [-0.4, -0.2) is 22.6 Å². The minimum absolute atomic E-state index is 0.280. The Balaban J connectivity index is 1.55. The second-order valence-electron chi connectivity index (χ2n) is 6.34. The number of hydrazone groups is 1. The van der Waals surface area contributed by atoms with Gasteiger partial charge in [0, 0.05) is 10.9 Å². The van der Waals surface area contributed by atoms with Crippen LogP contribution >= 0.6 is 22.9 Å². The average molecular weight is 410 g/mol. The molecule has 1 aromatic heterocycles. The number of azo groups is 1. The molecule has 1 aliphatic rings. The predicted molar refractivity (Wildman–Crippen MR) is 113 cm³/mol. The number of amides is 1. The number of aryl methyl sites for hydroxylation is 1. The molecule has 1 amide bonds. The lowest BCUT2D eigenvalue weighted by atomic mass is 10.1. The van der Waals surface area contributed by atoms with E-state index in [0.717, 1.165) is 11.3 Å². The van der Waals surface area contributed by atoms with Crippen molar-refractivity contribution in [3.05, 3.63) is 64.5 Å². The Kier molecular flexibility index (Phi) is 5.02. The van der Waals surface area contributed by atoms with Gasteiger partial charge in [-0.3, -0.25) is 4.79 Å². The zero-order chi connectivity index (χ0) is 19.7. The Labute approximate surface area is 171 Å². The minimum Gasteiger partial charge on any atom is -0.269 e. The van der Waals surface area contributed by atoms with Crippen molar-refractivity contribution in [1.82, 2.24) is 4.98 Å². The molecule has 2 aromatic carbocycles. The molecule has 3 aromatic rings. The van der Waals surface area contributed by atoms with Crippen LogP contribution in [0.2, 0.25) is 5.02 Å². The van der Waals surface area contributed by atoms with Crippen molar-refractivity contribution in [2.45, 2.75) is 19.9 Å². The largest absolute Gasteiger partial charge is 0.282 e. The van der Waals surface area contributed by atoms with Gasteiger partial charge in [0.2, 0.25) is 5.13 Å². The van der Waals surface area contributed by atoms with Crippen LogP contribution in [0.4, 0.5) is 10.8 Å². The molecule has 4 rings (SSSR count). The van der Waals surface area contributed by atoms with Gasteiger partial charge in [0.15, 0.2) is 6.04 Å². The van der Waals surface area contributed by atoms with Crippen molar-refractivity contribution in [2.24, 2.45) is 15.3 Å². The van der Waals surface area contributed by atoms with E-state index in [9.17, 15) is 4.79 Å². The van der Waals surface area contributed by atoms with Crippen LogP contribution in [-0.2, 0) is 4.79 Å². The number of hydrogen-bond donors (Lipinski definition) is 0. The van der Waals surface area contributed by atoms with Gasteiger partial charge < -0.3 is 0 Å². The molecule has 0 fully saturated rings. The topological polar surface area (TPSA) is 70.3 Å². The number of carbonyl (C=O) groups is 1. The quantitative estimate of drug-likeness (QED) is 0.522. The second-order valence-corrected chi connectivity index (χ2v) is 7.59. The maximum Gasteiger partial charge on any atom is 0.282 e. The summed E-state index contributed by atoms with van der Waals surface area (Å²) in [6, 6.07) is 14.4. The molecule has 0 N–H and O–H groups in total. The summed E-state index contributed by atoms with van der Waals surface area (Å²) in [4.78, 5) is 17.4. The molecule has 1 unspecified atom stereocenters. The molecule has 6 nitrogen and oxygen atoms in total. The van der Waals surface area contributed by atoms with Crippen LogP contribution in [0.25, 0.3) is 11.3 Å². The predicted octanol–water partition coefficient (Wildman–Crippen LogP) is 5.65. The van der Waals surface area contributed by atoms with E-state index >= 15 is 0 Å². The number of aromatic nitrogens is 1. The van der Waals surface area contributed by atoms with Gasteiger partial charge in [-0.25, -0.2) is 4.98 Å². The zero-order valence-electron chi connectivity index (χ0n) is 15.2. The maximum atomic E-state index is 12.8. The Morgan fingerprint density at radius 1 is 1.11 bits per heavy atom. The first-order valence-corrected chi connectivity index (χ1v) is 9.86. The Bertz CT molecular complexity index is 1090. The summed E-state index contributed by atoms with van der Waals surface area (Å²) in [6.45, 7) is 3.79. The molecule has 1 atom stereocenters. The zero-order valence-corrected chi connectivity index (χ0v) is 16.8. The van der Waals surface area contributed by atoms with Gasteiger partial charge >= 0.3 is 0 Å². The van der Waals surface area contributed by atoms with E-state index in [1.807, 2.05) is 48.7 Å². The summed E-state index contributed by atoms with van der Waals surface area (Å²) < 4.78 is 0. The highest BCUT2D eigenvalue weighted by Gasteiger charge is 2.36. The highest BCUT2D eigenvalue weighted by molar-refractivity contribution is 7.14. The van der Waals surface area contributed by atoms with Gasteiger partial charge in [0.25, 0.3) is 5.91 Å². The fraction of sp³-hybridized carbons (Fsp3) is 0.150. The van der Waals surface area contributed by atoms with Crippen molar-refractivity contribution in [1.29, 1.82) is 0 Å². The monoisotopic (exact) mass is 409 g/mol. The van der Waals surface area contributed by atoms with Crippen LogP contribution in [0.5, 0.6) is 0 Å². The molecule has 0 bridgehead atoms. The fourth-order valence-electron chi connectivity index (χ4n) is 2.70. The molecule has 1 aliphatic heterocycles. The summed E-state index contributed by atoms with van der Waals surface area (Å²) >= 11 is 7.45. The maximum absolute atomic E-state index is 12.8. The van der Waals surface area contributed by atoms with E-state index in [0.29, 0.717) is 21.6 Å². The van der Waals surface area contributed by atoms with E-state index in [1.165, 1.54) is 21.9 Å². The number of benzene rings is 2. The van der Waals surface area contributed by atoms with Crippen molar-refractivity contribution in [3.8, 4) is 11.3 Å². The van der Waals surface area contributed by atoms with Gasteiger partial charge in [0.1, 0.15) is 5.69 Å². The first-order chi connectivity index (χ1) is 13.5. The molecule has 0 spiro atoms. The number of halogens is 1. The molecule has 8 heteroatoms. The molecule has 28 heavy (non-hydrogen) atoms. The van der Waals surface area contributed by atoms with Crippen LogP contribution < -0.4 is 5.01 Å². The van der Waals surface area contributed by atoms with Crippen LogP contribution in [0.1, 0.15) is 12.5 Å². The van der Waals surface area contributed by atoms with Crippen molar-refractivity contribution in [3.63, 3.8) is 0 Å². The number of thiazole rings is 1. The lowest BCUT2D eigenvalue weighted by molar-refractivity contribution is -0.117. The Morgan fingerprint density at radius 2 is 1.86 bits per heavy atom. The van der Waals surface area contributed by atoms with Gasteiger partial charge in [-0.15, -0.1) is 11.3 Å². The first kappa shape index (κ1) is 18.5. The summed E-state index contributed by atoms with van der Waals surface area (Å²) in [7, 11) is 0. The number of carbonyl (C=O) groups excluding carboxylic acids is 1. The first-order valence-electron chi connectivity index (χ1n) is 8.60. The van der Waals surface area contributed by atoms with Gasteiger partial charge in [-0.2, -0.15) is 20.3 Å². The van der Waals surface area contributed by atoms with Crippen molar-refractivity contribution < 1.29 is 4.79 Å². The molecular weight excluding hydrogens is 394 g/mol. The van der Waals surface area contributed by atoms with Crippen molar-refractivity contribution in [2.75, 3.05) is 5.01 Å². The van der Waals surface area contributed by atoms with Gasteiger partial charge in [-0.1, -0.05) is 53.6 Å². The lowest BCUT2D eigenvalue weighted by Gasteiger charge is -2.08. The standard InChI is InChI=1S/C20H16ClN5OS/c1-12-7-9-14(10-8-12)17-11-28-20(22-17)26-19(27)18(13(2)25-26)24-23-16-6-4-3-5-15(16)21/h3-11,18H,1-2H3. The summed E-state index contributed by atoms with van der Waals surface area (Å²) in [5.74, 6) is -0.280. The molecule has 0 aliphatic carbocycles. The third kappa shape index (κ3) is 3.58. The second kappa shape index (κ2) is 7.61. The van der Waals surface area contributed by atoms with Gasteiger partial charge in [-0.05, 0) is 26.0 Å². The summed E-state index contributed by atoms with van der Waals surface area (Å²) in [6.07, 6.45) is 0. The molecule has 0 saturated carbocycles. The van der Waals surface area contributed by atoms with Crippen LogP contribution in [0.15, 0.2) is 69.2 Å². The molecule has 0 saturated heterocycles. The number of hydrogen-bond acceptors (Lipinski definition) is 6. The third-order valence-corrected chi connectivity index (χ3v) is 5.39. The number of anilines is 1. The van der Waals surface area contributed by atoms with Crippen LogP contribution in [0, 0.1) is 6.92 Å². The highest BCUT2D eigenvalue weighted by atomic mass is 35.5. The normalized spacial score (nSPS) is 16.8. The van der Waals surface area contributed by atoms with Crippen LogP contribution in [0.3, 0.4) is 0 Å². The highest BCUT2D eigenvalue weighted by Crippen LogP contribution is 2.31. The molecular formula is C20H16ClN5OS. The summed E-state index contributed by atoms with van der Waals surface area (Å²) in [5.41, 5.74) is 4.06. The SMILES string of the molecule is CC1=NN(c2nc(-c3ccc(C)cc3)cs2)C(=O)C1N=Nc1ccccc1Cl. The molecule has 140 valence electrons. The number of nitrogens with zero attached hydrogens (tertiary/aromatic N) is 5. The van der Waals surface area contributed by atoms with Gasteiger partial charge in [0.05, 0.1) is 16.4 Å². The van der Waals surface area contributed by atoms with E-state index in [1.54, 1.807) is 19.1 Å². The summed E-state index contributed by atoms with van der Waals surface area (Å²) in [5, 5.41) is 16.8. The van der Waals surface area contributed by atoms with Crippen molar-refractivity contribution >= 4 is 45.4 Å². The molecule has 0 radical (unpaired) electrons. The average Bonchev–Trinajstić information content (AvgIpc) is 3.27. The Morgan fingerprint density at radius 3 is 2.61 bits per heavy atom. The smallest absolute Gasteiger partial charge is 0.269 e. The molecule has 2 heterocycles. The van der Waals surface area contributed by atoms with E-state index in [2.05, 4.69) is 20.3 Å². The van der Waals surface area contributed by atoms with E-state index < -0.39 is 6.04 Å². The third-order valence-electron chi connectivity index (χ3n) is 4.25. The Hall–Kier alpha value is -2.90. The lowest BCUT2D eigenvalue weighted by Crippen LogP contribution is -2.29. The van der Waals surface area contributed by atoms with E-state index in [-0.39, 0.29) is 5.91 Å².